The molecule has 0 N–H and O–H groups in total. The summed E-state index contributed by atoms with van der Waals surface area (Å²) >= 11 is 1.62. The molecule has 3 aromatic rings. The van der Waals surface area contributed by atoms with Gasteiger partial charge >= 0.3 is 0 Å². The van der Waals surface area contributed by atoms with E-state index < -0.39 is 9.84 Å². The molecule has 0 unspecified atom stereocenters. The quantitative estimate of drug-likeness (QED) is 0.672. The van der Waals surface area contributed by atoms with E-state index in [1.54, 1.807) is 54.2 Å². The first-order chi connectivity index (χ1) is 11.1. The third kappa shape index (κ3) is 3.66. The van der Waals surface area contributed by atoms with Crippen LogP contribution in [-0.4, -0.2) is 8.42 Å². The summed E-state index contributed by atoms with van der Waals surface area (Å²) in [5, 5.41) is 0. The van der Waals surface area contributed by atoms with E-state index in [2.05, 4.69) is 31.2 Å². The first kappa shape index (κ1) is 15.8. The average molecular weight is 340 g/mol. The highest BCUT2D eigenvalue weighted by Crippen LogP contribution is 2.29. The van der Waals surface area contributed by atoms with Crippen molar-refractivity contribution in [2.24, 2.45) is 0 Å². The molecule has 4 heteroatoms. The summed E-state index contributed by atoms with van der Waals surface area (Å²) < 4.78 is 25.1. The molecular formula is C19H16O2S2. The van der Waals surface area contributed by atoms with Crippen LogP contribution in [0.15, 0.2) is 98.4 Å². The molecule has 3 rings (SSSR count). The summed E-state index contributed by atoms with van der Waals surface area (Å²) in [6.45, 7) is 2.05. The predicted octanol–water partition coefficient (Wildman–Crippen LogP) is 4.98. The fraction of sp³-hybridized carbons (Fsp3) is 0.0526. The second kappa shape index (κ2) is 6.60. The van der Waals surface area contributed by atoms with Gasteiger partial charge in [-0.1, -0.05) is 47.7 Å². The summed E-state index contributed by atoms with van der Waals surface area (Å²) in [7, 11) is -3.44. The van der Waals surface area contributed by atoms with Crippen molar-refractivity contribution in [1.82, 2.24) is 0 Å². The van der Waals surface area contributed by atoms with E-state index in [-0.39, 0.29) is 0 Å². The first-order valence-corrected chi connectivity index (χ1v) is 9.50. The SMILES string of the molecule is Cc1ccc(Sc2ccc(S(=O)(=O)c3ccccc3)cc2)cc1. The predicted molar refractivity (Wildman–Crippen MR) is 93.6 cm³/mol. The zero-order valence-electron chi connectivity index (χ0n) is 12.6. The second-order valence-corrected chi connectivity index (χ2v) is 8.30. The molecule has 3 aromatic carbocycles. The number of sulfone groups is 1. The summed E-state index contributed by atoms with van der Waals surface area (Å²) in [5.74, 6) is 0. The first-order valence-electron chi connectivity index (χ1n) is 7.20. The van der Waals surface area contributed by atoms with Gasteiger partial charge in [-0.25, -0.2) is 8.42 Å². The van der Waals surface area contributed by atoms with Crippen molar-refractivity contribution in [2.45, 2.75) is 26.5 Å². The van der Waals surface area contributed by atoms with Crippen LogP contribution in [0.3, 0.4) is 0 Å². The van der Waals surface area contributed by atoms with E-state index in [1.807, 2.05) is 12.1 Å². The van der Waals surface area contributed by atoms with Gasteiger partial charge in [0.05, 0.1) is 9.79 Å². The lowest BCUT2D eigenvalue weighted by Gasteiger charge is -2.06. The van der Waals surface area contributed by atoms with Crippen molar-refractivity contribution in [1.29, 1.82) is 0 Å². The van der Waals surface area contributed by atoms with Crippen molar-refractivity contribution in [2.75, 3.05) is 0 Å². The van der Waals surface area contributed by atoms with Gasteiger partial charge in [0.15, 0.2) is 0 Å². The number of aryl methyl sites for hydroxylation is 1. The molecule has 0 aliphatic rings. The van der Waals surface area contributed by atoms with Crippen LogP contribution in [0.2, 0.25) is 0 Å². The van der Waals surface area contributed by atoms with E-state index in [4.69, 9.17) is 0 Å². The lowest BCUT2D eigenvalue weighted by molar-refractivity contribution is 0.596. The minimum absolute atomic E-state index is 0.317. The Morgan fingerprint density at radius 3 is 1.70 bits per heavy atom. The van der Waals surface area contributed by atoms with Crippen LogP contribution in [-0.2, 0) is 9.84 Å². The standard InChI is InChI=1S/C19H16O2S2/c1-15-7-9-16(10-8-15)22-17-11-13-19(14-12-17)23(20,21)18-5-3-2-4-6-18/h2-14H,1H3. The van der Waals surface area contributed by atoms with Crippen molar-refractivity contribution >= 4 is 21.6 Å². The van der Waals surface area contributed by atoms with Gasteiger partial charge in [-0.05, 0) is 55.5 Å². The number of hydrogen-bond donors (Lipinski definition) is 0. The molecule has 0 heterocycles. The average Bonchev–Trinajstić information content (AvgIpc) is 2.58. The maximum Gasteiger partial charge on any atom is 0.206 e. The fourth-order valence-corrected chi connectivity index (χ4v) is 4.26. The van der Waals surface area contributed by atoms with Crippen LogP contribution in [0.5, 0.6) is 0 Å². The molecule has 23 heavy (non-hydrogen) atoms. The smallest absolute Gasteiger partial charge is 0.206 e. The topological polar surface area (TPSA) is 34.1 Å². The lowest BCUT2D eigenvalue weighted by Crippen LogP contribution is -2.01. The minimum Gasteiger partial charge on any atom is -0.219 e. The number of benzene rings is 3. The molecule has 0 fully saturated rings. The molecule has 2 nitrogen and oxygen atoms in total. The normalized spacial score (nSPS) is 11.3. The molecular weight excluding hydrogens is 324 g/mol. The van der Waals surface area contributed by atoms with Crippen molar-refractivity contribution < 1.29 is 8.42 Å². The van der Waals surface area contributed by atoms with Crippen LogP contribution >= 0.6 is 11.8 Å². The zero-order valence-corrected chi connectivity index (χ0v) is 14.3. The van der Waals surface area contributed by atoms with Gasteiger partial charge in [0.1, 0.15) is 0 Å². The largest absolute Gasteiger partial charge is 0.219 e. The van der Waals surface area contributed by atoms with Crippen molar-refractivity contribution in [3.8, 4) is 0 Å². The second-order valence-electron chi connectivity index (χ2n) is 5.20. The summed E-state index contributed by atoms with van der Waals surface area (Å²) in [4.78, 5) is 2.78. The Morgan fingerprint density at radius 2 is 1.13 bits per heavy atom. The van der Waals surface area contributed by atoms with Gasteiger partial charge in [0.2, 0.25) is 9.84 Å². The molecule has 0 aliphatic heterocycles. The summed E-state index contributed by atoms with van der Waals surface area (Å²) in [6, 6.07) is 23.8. The number of hydrogen-bond acceptors (Lipinski definition) is 3. The van der Waals surface area contributed by atoms with Gasteiger partial charge in [0, 0.05) is 9.79 Å². The molecule has 0 radical (unpaired) electrons. The third-order valence-corrected chi connectivity index (χ3v) is 6.25. The highest BCUT2D eigenvalue weighted by atomic mass is 32.2. The maximum atomic E-state index is 12.5. The minimum atomic E-state index is -3.44. The molecule has 116 valence electrons. The van der Waals surface area contributed by atoms with Gasteiger partial charge in [-0.15, -0.1) is 0 Å². The Labute approximate surface area is 141 Å². The Bertz CT molecular complexity index is 882. The summed E-state index contributed by atoms with van der Waals surface area (Å²) in [6.07, 6.45) is 0. The van der Waals surface area contributed by atoms with Crippen LogP contribution in [0.4, 0.5) is 0 Å². The Balaban J connectivity index is 1.83. The fourth-order valence-electron chi connectivity index (χ4n) is 2.16. The Morgan fingerprint density at radius 1 is 0.652 bits per heavy atom. The molecule has 0 atom stereocenters. The lowest BCUT2D eigenvalue weighted by atomic mass is 10.2. The molecule has 0 bridgehead atoms. The molecule has 0 aliphatic carbocycles. The Kier molecular flexibility index (Phi) is 4.55. The molecule has 0 amide bonds. The number of rotatable bonds is 4. The van der Waals surface area contributed by atoms with Crippen LogP contribution in [0.25, 0.3) is 0 Å². The van der Waals surface area contributed by atoms with Gasteiger partial charge in [-0.2, -0.15) is 0 Å². The molecule has 0 aromatic heterocycles. The zero-order chi connectivity index (χ0) is 16.3. The highest BCUT2D eigenvalue weighted by Gasteiger charge is 2.16. The molecule has 0 spiro atoms. The van der Waals surface area contributed by atoms with Gasteiger partial charge in [0.25, 0.3) is 0 Å². The maximum absolute atomic E-state index is 12.5. The third-order valence-electron chi connectivity index (χ3n) is 3.44. The van der Waals surface area contributed by atoms with Crippen molar-refractivity contribution in [3.05, 3.63) is 84.4 Å². The van der Waals surface area contributed by atoms with Gasteiger partial charge in [-0.3, -0.25) is 0 Å². The summed E-state index contributed by atoms with van der Waals surface area (Å²) in [5.41, 5.74) is 1.22. The van der Waals surface area contributed by atoms with Crippen LogP contribution in [0, 0.1) is 6.92 Å². The van der Waals surface area contributed by atoms with E-state index >= 15 is 0 Å². The Hall–Kier alpha value is -2.04. The van der Waals surface area contributed by atoms with Gasteiger partial charge < -0.3 is 0 Å². The monoisotopic (exact) mass is 340 g/mol. The van der Waals surface area contributed by atoms with E-state index in [0.717, 1.165) is 9.79 Å². The molecule has 0 saturated heterocycles. The van der Waals surface area contributed by atoms with E-state index in [9.17, 15) is 8.42 Å². The highest BCUT2D eigenvalue weighted by molar-refractivity contribution is 7.99. The van der Waals surface area contributed by atoms with E-state index in [1.165, 1.54) is 5.56 Å². The molecule has 0 saturated carbocycles. The van der Waals surface area contributed by atoms with Crippen molar-refractivity contribution in [3.63, 3.8) is 0 Å². The van der Waals surface area contributed by atoms with E-state index in [0.29, 0.717) is 9.79 Å². The van der Waals surface area contributed by atoms with Crippen LogP contribution < -0.4 is 0 Å². The van der Waals surface area contributed by atoms with Crippen LogP contribution in [0.1, 0.15) is 5.56 Å².